The number of aliphatic hydroxyl groups excluding tert-OH is 1. The van der Waals surface area contributed by atoms with E-state index in [1.807, 2.05) is 26.0 Å². The summed E-state index contributed by atoms with van der Waals surface area (Å²) < 4.78 is 5.26. The van der Waals surface area contributed by atoms with Gasteiger partial charge in [0.1, 0.15) is 11.9 Å². The quantitative estimate of drug-likeness (QED) is 0.830. The van der Waals surface area contributed by atoms with Crippen LogP contribution in [0.3, 0.4) is 0 Å². The van der Waals surface area contributed by atoms with Gasteiger partial charge in [0.05, 0.1) is 7.11 Å². The summed E-state index contributed by atoms with van der Waals surface area (Å²) >= 11 is 0. The van der Waals surface area contributed by atoms with E-state index in [4.69, 9.17) is 9.84 Å². The van der Waals surface area contributed by atoms with Gasteiger partial charge >= 0.3 is 0 Å². The maximum Gasteiger partial charge on any atom is 0.248 e. The first-order chi connectivity index (χ1) is 7.95. The number of carbonyl (C=O) groups is 1. The van der Waals surface area contributed by atoms with E-state index < -0.39 is 6.10 Å². The normalized spacial score (nSPS) is 12.1. The van der Waals surface area contributed by atoms with E-state index in [0.29, 0.717) is 6.54 Å². The molecule has 0 heterocycles. The molecule has 1 unspecified atom stereocenters. The van der Waals surface area contributed by atoms with Crippen LogP contribution in [-0.2, 0) is 11.3 Å². The summed E-state index contributed by atoms with van der Waals surface area (Å²) in [4.78, 5) is 11.3. The number of nitrogens with one attached hydrogen (secondary N) is 1. The Morgan fingerprint density at radius 2 is 2.00 bits per heavy atom. The first-order valence-electron chi connectivity index (χ1n) is 5.55. The Bertz CT molecular complexity index is 413. The Kier molecular flexibility index (Phi) is 4.52. The Morgan fingerprint density at radius 3 is 2.53 bits per heavy atom. The van der Waals surface area contributed by atoms with Crippen molar-refractivity contribution in [2.24, 2.45) is 0 Å². The fourth-order valence-electron chi connectivity index (χ4n) is 1.51. The first-order valence-corrected chi connectivity index (χ1v) is 5.55. The molecule has 4 heteroatoms. The number of aliphatic hydroxyl groups is 1. The second kappa shape index (κ2) is 5.68. The second-order valence-corrected chi connectivity index (χ2v) is 4.14. The largest absolute Gasteiger partial charge is 0.496 e. The molecular weight excluding hydrogens is 218 g/mol. The molecule has 0 saturated carbocycles. The molecular formula is C13H19NO3. The highest BCUT2D eigenvalue weighted by Crippen LogP contribution is 2.22. The molecule has 0 aliphatic heterocycles. The van der Waals surface area contributed by atoms with Crippen molar-refractivity contribution in [1.29, 1.82) is 0 Å². The lowest BCUT2D eigenvalue weighted by atomic mass is 10.0. The number of hydrogen-bond donors (Lipinski definition) is 2. The zero-order valence-corrected chi connectivity index (χ0v) is 10.7. The summed E-state index contributed by atoms with van der Waals surface area (Å²) in [6.07, 6.45) is -0.993. The standard InChI is InChI=1S/C13H19NO3/c1-8-5-11(7-14-13(16)10(3)15)12(17-4)6-9(8)2/h5-6,10,15H,7H2,1-4H3,(H,14,16). The number of hydrogen-bond acceptors (Lipinski definition) is 3. The predicted octanol–water partition coefficient (Wildman–Crippen LogP) is 1.31. The van der Waals surface area contributed by atoms with Gasteiger partial charge in [0.15, 0.2) is 0 Å². The van der Waals surface area contributed by atoms with E-state index in [1.54, 1.807) is 7.11 Å². The Hall–Kier alpha value is -1.55. The van der Waals surface area contributed by atoms with Crippen molar-refractivity contribution >= 4 is 5.91 Å². The van der Waals surface area contributed by atoms with Crippen LogP contribution in [0.4, 0.5) is 0 Å². The monoisotopic (exact) mass is 237 g/mol. The number of amides is 1. The topological polar surface area (TPSA) is 58.6 Å². The summed E-state index contributed by atoms with van der Waals surface area (Å²) in [6, 6.07) is 3.93. The van der Waals surface area contributed by atoms with Gasteiger partial charge in [-0.3, -0.25) is 4.79 Å². The van der Waals surface area contributed by atoms with Crippen LogP contribution in [0, 0.1) is 13.8 Å². The minimum Gasteiger partial charge on any atom is -0.496 e. The molecule has 0 saturated heterocycles. The summed E-state index contributed by atoms with van der Waals surface area (Å²) in [7, 11) is 1.60. The molecule has 0 aliphatic rings. The first kappa shape index (κ1) is 13.5. The van der Waals surface area contributed by atoms with Crippen LogP contribution in [0.25, 0.3) is 0 Å². The molecule has 0 fully saturated rings. The molecule has 1 rings (SSSR count). The molecule has 0 aliphatic carbocycles. The lowest BCUT2D eigenvalue weighted by molar-refractivity contribution is -0.128. The Morgan fingerprint density at radius 1 is 1.41 bits per heavy atom. The van der Waals surface area contributed by atoms with Crippen molar-refractivity contribution in [3.05, 3.63) is 28.8 Å². The molecule has 0 bridgehead atoms. The van der Waals surface area contributed by atoms with Crippen molar-refractivity contribution < 1.29 is 14.6 Å². The van der Waals surface area contributed by atoms with E-state index in [-0.39, 0.29) is 5.91 Å². The average Bonchev–Trinajstić information content (AvgIpc) is 2.29. The van der Waals surface area contributed by atoms with Crippen LogP contribution in [0.2, 0.25) is 0 Å². The average molecular weight is 237 g/mol. The van der Waals surface area contributed by atoms with Crippen LogP contribution in [-0.4, -0.2) is 24.2 Å². The SMILES string of the molecule is COc1cc(C)c(C)cc1CNC(=O)C(C)O. The van der Waals surface area contributed by atoms with Crippen LogP contribution in [0.5, 0.6) is 5.75 Å². The third kappa shape index (κ3) is 3.46. The van der Waals surface area contributed by atoms with Gasteiger partial charge in [0.25, 0.3) is 0 Å². The number of benzene rings is 1. The van der Waals surface area contributed by atoms with E-state index in [2.05, 4.69) is 5.32 Å². The van der Waals surface area contributed by atoms with E-state index in [9.17, 15) is 4.79 Å². The number of aryl methyl sites for hydroxylation is 2. The zero-order chi connectivity index (χ0) is 13.0. The van der Waals surface area contributed by atoms with E-state index in [1.165, 1.54) is 6.92 Å². The van der Waals surface area contributed by atoms with Crippen molar-refractivity contribution in [2.45, 2.75) is 33.4 Å². The minimum absolute atomic E-state index is 0.355. The second-order valence-electron chi connectivity index (χ2n) is 4.14. The van der Waals surface area contributed by atoms with Gasteiger partial charge in [-0.15, -0.1) is 0 Å². The van der Waals surface area contributed by atoms with Gasteiger partial charge in [-0.1, -0.05) is 6.07 Å². The summed E-state index contributed by atoms with van der Waals surface area (Å²) in [5, 5.41) is 11.7. The molecule has 94 valence electrons. The third-order valence-corrected chi connectivity index (χ3v) is 2.73. The molecule has 0 aromatic heterocycles. The van der Waals surface area contributed by atoms with Crippen molar-refractivity contribution in [3.8, 4) is 5.75 Å². The zero-order valence-electron chi connectivity index (χ0n) is 10.7. The maximum absolute atomic E-state index is 11.3. The van der Waals surface area contributed by atoms with Crippen LogP contribution in [0.1, 0.15) is 23.6 Å². The van der Waals surface area contributed by atoms with Crippen molar-refractivity contribution in [3.63, 3.8) is 0 Å². The number of ether oxygens (including phenoxy) is 1. The van der Waals surface area contributed by atoms with E-state index in [0.717, 1.165) is 22.4 Å². The highest BCUT2D eigenvalue weighted by molar-refractivity contribution is 5.80. The highest BCUT2D eigenvalue weighted by Gasteiger charge is 2.10. The Labute approximate surface area is 102 Å². The maximum atomic E-state index is 11.3. The fourth-order valence-corrected chi connectivity index (χ4v) is 1.51. The van der Waals surface area contributed by atoms with Gasteiger partial charge < -0.3 is 15.2 Å². The summed E-state index contributed by atoms with van der Waals surface area (Å²) in [5.41, 5.74) is 3.20. The third-order valence-electron chi connectivity index (χ3n) is 2.73. The molecule has 0 radical (unpaired) electrons. The predicted molar refractivity (Wildman–Crippen MR) is 66.0 cm³/mol. The minimum atomic E-state index is -0.993. The lowest BCUT2D eigenvalue weighted by Gasteiger charge is -2.13. The van der Waals surface area contributed by atoms with Gasteiger partial charge in [-0.25, -0.2) is 0 Å². The molecule has 1 aromatic rings. The summed E-state index contributed by atoms with van der Waals surface area (Å²) in [6.45, 7) is 5.81. The molecule has 1 amide bonds. The van der Waals surface area contributed by atoms with Gasteiger partial charge in [-0.05, 0) is 38.0 Å². The molecule has 0 spiro atoms. The number of rotatable bonds is 4. The smallest absolute Gasteiger partial charge is 0.248 e. The molecule has 17 heavy (non-hydrogen) atoms. The molecule has 1 aromatic carbocycles. The van der Waals surface area contributed by atoms with Gasteiger partial charge in [0, 0.05) is 12.1 Å². The molecule has 4 nitrogen and oxygen atoms in total. The fraction of sp³-hybridized carbons (Fsp3) is 0.462. The lowest BCUT2D eigenvalue weighted by Crippen LogP contribution is -2.32. The number of methoxy groups -OCH3 is 1. The van der Waals surface area contributed by atoms with Crippen LogP contribution < -0.4 is 10.1 Å². The van der Waals surface area contributed by atoms with Gasteiger partial charge in [-0.2, -0.15) is 0 Å². The molecule has 1 atom stereocenters. The Balaban J connectivity index is 2.83. The van der Waals surface area contributed by atoms with Crippen LogP contribution in [0.15, 0.2) is 12.1 Å². The highest BCUT2D eigenvalue weighted by atomic mass is 16.5. The number of carbonyl (C=O) groups excluding carboxylic acids is 1. The van der Waals surface area contributed by atoms with Crippen LogP contribution >= 0.6 is 0 Å². The van der Waals surface area contributed by atoms with Crippen molar-refractivity contribution in [2.75, 3.05) is 7.11 Å². The van der Waals surface area contributed by atoms with Crippen molar-refractivity contribution in [1.82, 2.24) is 5.32 Å². The summed E-state index contributed by atoms with van der Waals surface area (Å²) in [5.74, 6) is 0.365. The molecule has 2 N–H and O–H groups in total. The van der Waals surface area contributed by atoms with E-state index >= 15 is 0 Å². The van der Waals surface area contributed by atoms with Gasteiger partial charge in [0.2, 0.25) is 5.91 Å².